The number of fused-ring (bicyclic) bond motifs is 9. The summed E-state index contributed by atoms with van der Waals surface area (Å²) in [5.41, 5.74) is 14.5. The van der Waals surface area contributed by atoms with Crippen LogP contribution in [0, 0.1) is 0 Å². The fraction of sp³-hybridized carbons (Fsp3) is 0. The summed E-state index contributed by atoms with van der Waals surface area (Å²) in [6.45, 7) is 0. The van der Waals surface area contributed by atoms with Crippen LogP contribution in [0.2, 0.25) is 0 Å². The zero-order chi connectivity index (χ0) is 43.6. The number of nitrogens with zero attached hydrogens (tertiary/aromatic N) is 1. The van der Waals surface area contributed by atoms with Gasteiger partial charge in [-0.25, -0.2) is 0 Å². The van der Waals surface area contributed by atoms with E-state index < -0.39 is 0 Å². The number of anilines is 3. The number of benzene rings is 12. The van der Waals surface area contributed by atoms with Crippen LogP contribution in [0.15, 0.2) is 253 Å². The fourth-order valence-electron chi connectivity index (χ4n) is 10.1. The minimum atomic E-state index is 0.886. The monoisotopic (exact) mass is 839 g/mol. The van der Waals surface area contributed by atoms with Crippen molar-refractivity contribution in [3.05, 3.63) is 249 Å². The Morgan fingerprint density at radius 2 is 0.833 bits per heavy atom. The van der Waals surface area contributed by atoms with Gasteiger partial charge in [-0.1, -0.05) is 182 Å². The molecule has 13 aromatic rings. The lowest BCUT2D eigenvalue weighted by Crippen LogP contribution is -2.11. The van der Waals surface area contributed by atoms with Crippen molar-refractivity contribution in [1.29, 1.82) is 0 Å². The van der Waals surface area contributed by atoms with Crippen LogP contribution in [-0.4, -0.2) is 0 Å². The van der Waals surface area contributed by atoms with Gasteiger partial charge in [0.15, 0.2) is 0 Å². The largest absolute Gasteiger partial charge is 0.455 e. The van der Waals surface area contributed by atoms with Crippen molar-refractivity contribution in [1.82, 2.24) is 0 Å². The summed E-state index contributed by atoms with van der Waals surface area (Å²) in [7, 11) is 0. The van der Waals surface area contributed by atoms with Crippen molar-refractivity contribution >= 4 is 82.1 Å². The van der Waals surface area contributed by atoms with E-state index in [2.05, 4.69) is 254 Å². The molecule has 1 aromatic heterocycles. The number of para-hydroxylation sites is 1. The molecule has 13 rings (SSSR count). The highest BCUT2D eigenvalue weighted by Crippen LogP contribution is 2.45. The normalized spacial score (nSPS) is 11.6. The first-order chi connectivity index (χ1) is 32.7. The van der Waals surface area contributed by atoms with Crippen LogP contribution in [0.3, 0.4) is 0 Å². The fourth-order valence-corrected chi connectivity index (χ4v) is 10.1. The van der Waals surface area contributed by atoms with E-state index in [0.717, 1.165) is 61.1 Å². The summed E-state index contributed by atoms with van der Waals surface area (Å²) in [4.78, 5) is 2.40. The summed E-state index contributed by atoms with van der Waals surface area (Å²) in [5, 5.41) is 12.1. The standard InChI is InChI=1S/C64H41NO/c1-2-14-46-39-49(25-24-42(46)12-1)48-17-11-16-47(38-48)43-26-32-52(33-27-43)65(53-34-28-45(29-35-53)60-40-50-15-4-5-18-54(50)57-21-7-8-22-58(57)60)62-23-10-9-19-55(62)51-31-37-63-61(41-51)59-36-30-44-13-3-6-20-56(44)64(59)66-63/h1-41H. The molecule has 66 heavy (non-hydrogen) atoms. The minimum absolute atomic E-state index is 0.886. The summed E-state index contributed by atoms with van der Waals surface area (Å²) >= 11 is 0. The highest BCUT2D eigenvalue weighted by atomic mass is 16.3. The third-order valence-corrected chi connectivity index (χ3v) is 13.4. The molecule has 1 heterocycles. The van der Waals surface area contributed by atoms with Crippen LogP contribution >= 0.6 is 0 Å². The molecule has 0 aliphatic heterocycles. The molecule has 0 atom stereocenters. The highest BCUT2D eigenvalue weighted by Gasteiger charge is 2.20. The van der Waals surface area contributed by atoms with E-state index in [4.69, 9.17) is 4.42 Å². The Balaban J connectivity index is 0.934. The molecule has 0 fully saturated rings. The third kappa shape index (κ3) is 6.42. The Morgan fingerprint density at radius 1 is 0.258 bits per heavy atom. The van der Waals surface area contributed by atoms with Gasteiger partial charge >= 0.3 is 0 Å². The lowest BCUT2D eigenvalue weighted by molar-refractivity contribution is 0.672. The van der Waals surface area contributed by atoms with Crippen molar-refractivity contribution in [3.8, 4) is 44.5 Å². The zero-order valence-electron chi connectivity index (χ0n) is 36.0. The van der Waals surface area contributed by atoms with Gasteiger partial charge in [0.05, 0.1) is 5.69 Å². The van der Waals surface area contributed by atoms with Crippen LogP contribution in [-0.2, 0) is 0 Å². The first-order valence-corrected chi connectivity index (χ1v) is 22.6. The molecule has 0 aliphatic rings. The average molecular weight is 840 g/mol. The summed E-state index contributed by atoms with van der Waals surface area (Å²) in [5.74, 6) is 0. The van der Waals surface area contributed by atoms with Gasteiger partial charge in [0.2, 0.25) is 0 Å². The molecule has 2 nitrogen and oxygen atoms in total. The lowest BCUT2D eigenvalue weighted by Gasteiger charge is -2.28. The van der Waals surface area contributed by atoms with E-state index >= 15 is 0 Å². The van der Waals surface area contributed by atoms with Gasteiger partial charge in [-0.2, -0.15) is 0 Å². The van der Waals surface area contributed by atoms with Crippen LogP contribution in [0.25, 0.3) is 110 Å². The second kappa shape index (κ2) is 15.5. The van der Waals surface area contributed by atoms with E-state index in [-0.39, 0.29) is 0 Å². The van der Waals surface area contributed by atoms with Gasteiger partial charge in [0.1, 0.15) is 11.2 Å². The van der Waals surface area contributed by atoms with Crippen molar-refractivity contribution in [3.63, 3.8) is 0 Å². The molecule has 0 radical (unpaired) electrons. The third-order valence-electron chi connectivity index (χ3n) is 13.4. The average Bonchev–Trinajstić information content (AvgIpc) is 3.78. The maximum Gasteiger partial charge on any atom is 0.143 e. The molecule has 0 unspecified atom stereocenters. The first kappa shape index (κ1) is 37.8. The minimum Gasteiger partial charge on any atom is -0.455 e. The molecule has 0 bridgehead atoms. The van der Waals surface area contributed by atoms with Gasteiger partial charge in [-0.05, 0) is 143 Å². The maximum atomic E-state index is 6.56. The van der Waals surface area contributed by atoms with E-state index in [1.54, 1.807) is 0 Å². The summed E-state index contributed by atoms with van der Waals surface area (Å²) < 4.78 is 6.56. The molecule has 0 saturated heterocycles. The number of rotatable bonds is 7. The van der Waals surface area contributed by atoms with Gasteiger partial charge < -0.3 is 9.32 Å². The molecule has 0 aliphatic carbocycles. The number of hydrogen-bond acceptors (Lipinski definition) is 2. The molecule has 0 N–H and O–H groups in total. The van der Waals surface area contributed by atoms with Crippen molar-refractivity contribution in [2.45, 2.75) is 0 Å². The molecule has 12 aromatic carbocycles. The Hall–Kier alpha value is -8.72. The first-order valence-electron chi connectivity index (χ1n) is 22.6. The lowest BCUT2D eigenvalue weighted by atomic mass is 9.93. The van der Waals surface area contributed by atoms with E-state index in [9.17, 15) is 0 Å². The molecule has 0 saturated carbocycles. The number of furan rings is 1. The van der Waals surface area contributed by atoms with E-state index in [0.29, 0.717) is 0 Å². The van der Waals surface area contributed by atoms with Gasteiger partial charge in [-0.3, -0.25) is 0 Å². The SMILES string of the molecule is c1cc(-c2ccc(N(c3ccc(-c4cc5ccccc5c5ccccc45)cc3)c3ccccc3-c3ccc4oc5c6ccccc6ccc5c4c3)cc2)cc(-c2ccc3ccccc3c2)c1. The maximum absolute atomic E-state index is 6.56. The van der Waals surface area contributed by atoms with Crippen molar-refractivity contribution < 1.29 is 4.42 Å². The Morgan fingerprint density at radius 3 is 1.64 bits per heavy atom. The topological polar surface area (TPSA) is 16.4 Å². The second-order valence-electron chi connectivity index (χ2n) is 17.3. The molecule has 0 amide bonds. The predicted molar refractivity (Wildman–Crippen MR) is 280 cm³/mol. The smallest absolute Gasteiger partial charge is 0.143 e. The van der Waals surface area contributed by atoms with E-state index in [1.165, 1.54) is 65.5 Å². The van der Waals surface area contributed by atoms with Gasteiger partial charge in [-0.15, -0.1) is 0 Å². The predicted octanol–water partition coefficient (Wildman–Crippen LogP) is 18.3. The molecular weight excluding hydrogens is 799 g/mol. The number of hydrogen-bond donors (Lipinski definition) is 0. The summed E-state index contributed by atoms with van der Waals surface area (Å²) in [6, 6.07) is 90.3. The Bertz CT molecular complexity index is 3990. The van der Waals surface area contributed by atoms with Crippen molar-refractivity contribution in [2.75, 3.05) is 4.90 Å². The molecule has 2 heteroatoms. The van der Waals surface area contributed by atoms with Crippen molar-refractivity contribution in [2.24, 2.45) is 0 Å². The van der Waals surface area contributed by atoms with Crippen LogP contribution in [0.1, 0.15) is 0 Å². The van der Waals surface area contributed by atoms with Gasteiger partial charge in [0, 0.05) is 33.1 Å². The van der Waals surface area contributed by atoms with Crippen LogP contribution < -0.4 is 4.90 Å². The molecular formula is C64H41NO. The Kier molecular flexibility index (Phi) is 8.89. The molecule has 0 spiro atoms. The van der Waals surface area contributed by atoms with Crippen LogP contribution in [0.4, 0.5) is 17.1 Å². The zero-order valence-corrected chi connectivity index (χ0v) is 36.0. The van der Waals surface area contributed by atoms with E-state index in [1.807, 2.05) is 0 Å². The highest BCUT2D eigenvalue weighted by molar-refractivity contribution is 6.16. The molecule has 308 valence electrons. The second-order valence-corrected chi connectivity index (χ2v) is 17.3. The van der Waals surface area contributed by atoms with Gasteiger partial charge in [0.25, 0.3) is 0 Å². The quantitative estimate of drug-likeness (QED) is 0.149. The summed E-state index contributed by atoms with van der Waals surface area (Å²) in [6.07, 6.45) is 0. The van der Waals surface area contributed by atoms with Crippen LogP contribution in [0.5, 0.6) is 0 Å². The Labute approximate surface area is 382 Å².